The van der Waals surface area contributed by atoms with E-state index in [0.29, 0.717) is 18.5 Å². The Labute approximate surface area is 177 Å². The summed E-state index contributed by atoms with van der Waals surface area (Å²) < 4.78 is 15.1. The molecule has 2 aromatic rings. The number of ketones is 1. The van der Waals surface area contributed by atoms with Crippen molar-refractivity contribution in [3.8, 4) is 0 Å². The number of piperidine rings is 1. The minimum Gasteiger partial charge on any atom is -0.384 e. The molecule has 1 aliphatic rings. The van der Waals surface area contributed by atoms with Gasteiger partial charge in [0.2, 0.25) is 11.9 Å². The van der Waals surface area contributed by atoms with E-state index >= 15 is 0 Å². The summed E-state index contributed by atoms with van der Waals surface area (Å²) in [4.78, 5) is 55.7. The van der Waals surface area contributed by atoms with Gasteiger partial charge in [-0.1, -0.05) is 12.5 Å². The molecular weight excluding hydrogens is 407 g/mol. The Morgan fingerprint density at radius 2 is 1.97 bits per heavy atom. The number of nitrogens with two attached hydrogens (primary N) is 2. The minimum absolute atomic E-state index is 0.0352. The fraction of sp³-hybridized carbons (Fsp3) is 0.450. The van der Waals surface area contributed by atoms with Crippen molar-refractivity contribution in [3.05, 3.63) is 56.2 Å². The molecule has 0 saturated carbocycles. The quantitative estimate of drug-likeness (QED) is 0.452. The standard InChI is InChI=1S/C20H25FN6O4/c1-2-26-19(30)16(14(28)11-25-8-4-3-5-13(25)18(23)29)17(22)27(20(26)31)10-12-6-7-15(21)24-9-12/h6-7,9,13H,2-5,8,10-11,22H2,1H3,(H2,23,29)/t13-/m1/s1. The Balaban J connectivity index is 2.02. The van der Waals surface area contributed by atoms with E-state index in [2.05, 4.69) is 4.98 Å². The van der Waals surface area contributed by atoms with Gasteiger partial charge in [0.05, 0.1) is 19.1 Å². The number of nitrogen functional groups attached to an aromatic ring is 1. The van der Waals surface area contributed by atoms with E-state index < -0.39 is 34.9 Å². The minimum atomic E-state index is -0.781. The highest BCUT2D eigenvalue weighted by Gasteiger charge is 2.31. The van der Waals surface area contributed by atoms with E-state index in [0.717, 1.165) is 28.0 Å². The zero-order chi connectivity index (χ0) is 22.7. The monoisotopic (exact) mass is 432 g/mol. The number of carbonyl (C=O) groups excluding carboxylic acids is 2. The molecule has 11 heteroatoms. The highest BCUT2D eigenvalue weighted by Crippen LogP contribution is 2.18. The average Bonchev–Trinajstić information content (AvgIpc) is 2.73. The number of hydrogen-bond donors (Lipinski definition) is 2. The van der Waals surface area contributed by atoms with Crippen LogP contribution in [-0.2, 0) is 17.9 Å². The normalized spacial score (nSPS) is 16.9. The first kappa shape index (κ1) is 22.3. The topological polar surface area (TPSA) is 146 Å². The van der Waals surface area contributed by atoms with Crippen LogP contribution in [0.5, 0.6) is 0 Å². The number of pyridine rings is 1. The van der Waals surface area contributed by atoms with Gasteiger partial charge >= 0.3 is 5.69 Å². The van der Waals surface area contributed by atoms with Crippen LogP contribution in [0.1, 0.15) is 42.1 Å². The molecule has 0 aromatic carbocycles. The first-order chi connectivity index (χ1) is 14.7. The van der Waals surface area contributed by atoms with Crippen molar-refractivity contribution >= 4 is 17.5 Å². The van der Waals surface area contributed by atoms with Crippen LogP contribution in [-0.4, -0.2) is 49.8 Å². The molecule has 0 aliphatic carbocycles. The lowest BCUT2D eigenvalue weighted by atomic mass is 10.0. The van der Waals surface area contributed by atoms with Crippen LogP contribution in [0.3, 0.4) is 0 Å². The summed E-state index contributed by atoms with van der Waals surface area (Å²) in [5, 5.41) is 0. The molecule has 31 heavy (non-hydrogen) atoms. The van der Waals surface area contributed by atoms with Crippen molar-refractivity contribution in [2.45, 2.75) is 45.3 Å². The summed E-state index contributed by atoms with van der Waals surface area (Å²) in [5.74, 6) is -2.07. The number of Topliss-reactive ketones (excluding diaryl/α,β-unsaturated/α-hetero) is 1. The van der Waals surface area contributed by atoms with Gasteiger partial charge in [0.15, 0.2) is 5.78 Å². The molecule has 1 saturated heterocycles. The maximum Gasteiger partial charge on any atom is 0.332 e. The van der Waals surface area contributed by atoms with Gasteiger partial charge in [0, 0.05) is 12.7 Å². The van der Waals surface area contributed by atoms with E-state index in [1.54, 1.807) is 11.8 Å². The largest absolute Gasteiger partial charge is 0.384 e. The van der Waals surface area contributed by atoms with Crippen molar-refractivity contribution in [1.29, 1.82) is 0 Å². The Morgan fingerprint density at radius 1 is 1.23 bits per heavy atom. The second-order valence-electron chi connectivity index (χ2n) is 7.48. The van der Waals surface area contributed by atoms with Gasteiger partial charge < -0.3 is 11.5 Å². The maximum absolute atomic E-state index is 13.1. The second-order valence-corrected chi connectivity index (χ2v) is 7.48. The van der Waals surface area contributed by atoms with Crippen LogP contribution in [0.2, 0.25) is 0 Å². The molecule has 0 spiro atoms. The van der Waals surface area contributed by atoms with Crippen molar-refractivity contribution in [2.75, 3.05) is 18.8 Å². The number of primary amides is 1. The highest BCUT2D eigenvalue weighted by atomic mass is 19.1. The first-order valence-electron chi connectivity index (χ1n) is 10.0. The van der Waals surface area contributed by atoms with Crippen molar-refractivity contribution < 1.29 is 14.0 Å². The van der Waals surface area contributed by atoms with E-state index in [4.69, 9.17) is 11.5 Å². The SMILES string of the molecule is CCn1c(=O)c(C(=O)CN2CCCC[C@@H]2C(N)=O)c(N)n(Cc2ccc(F)nc2)c1=O. The number of hydrogen-bond acceptors (Lipinski definition) is 7. The number of aromatic nitrogens is 3. The Hall–Kier alpha value is -3.34. The summed E-state index contributed by atoms with van der Waals surface area (Å²) in [6, 6.07) is 1.98. The predicted octanol–water partition coefficient (Wildman–Crippen LogP) is -0.283. The molecule has 3 heterocycles. The number of nitrogens with zero attached hydrogens (tertiary/aromatic N) is 4. The molecule has 0 unspecified atom stereocenters. The van der Waals surface area contributed by atoms with Gasteiger partial charge in [-0.2, -0.15) is 4.39 Å². The smallest absolute Gasteiger partial charge is 0.332 e. The van der Waals surface area contributed by atoms with Gasteiger partial charge in [0.25, 0.3) is 5.56 Å². The summed E-state index contributed by atoms with van der Waals surface area (Å²) in [6.45, 7) is 1.82. The third-order valence-electron chi connectivity index (χ3n) is 5.48. The third-order valence-corrected chi connectivity index (χ3v) is 5.48. The molecule has 0 radical (unpaired) electrons. The lowest BCUT2D eigenvalue weighted by Crippen LogP contribution is -2.51. The van der Waals surface area contributed by atoms with E-state index in [1.165, 1.54) is 12.3 Å². The van der Waals surface area contributed by atoms with Crippen molar-refractivity contribution in [3.63, 3.8) is 0 Å². The van der Waals surface area contributed by atoms with Crippen molar-refractivity contribution in [1.82, 2.24) is 19.0 Å². The lowest BCUT2D eigenvalue weighted by Gasteiger charge is -2.33. The van der Waals surface area contributed by atoms with Gasteiger partial charge in [-0.15, -0.1) is 0 Å². The highest BCUT2D eigenvalue weighted by molar-refractivity contribution is 6.01. The average molecular weight is 432 g/mol. The Bertz CT molecular complexity index is 1110. The Morgan fingerprint density at radius 3 is 2.58 bits per heavy atom. The number of halogens is 1. The molecule has 1 aliphatic heterocycles. The van der Waals surface area contributed by atoms with Crippen LogP contribution >= 0.6 is 0 Å². The van der Waals surface area contributed by atoms with Gasteiger partial charge in [-0.05, 0) is 37.9 Å². The number of rotatable bonds is 7. The number of anilines is 1. The fourth-order valence-corrected chi connectivity index (χ4v) is 3.86. The maximum atomic E-state index is 13.1. The number of amides is 1. The zero-order valence-corrected chi connectivity index (χ0v) is 17.2. The summed E-state index contributed by atoms with van der Waals surface area (Å²) in [7, 11) is 0. The molecule has 0 bridgehead atoms. The van der Waals surface area contributed by atoms with Crippen LogP contribution in [0, 0.1) is 5.95 Å². The second kappa shape index (κ2) is 9.21. The number of carbonyl (C=O) groups is 2. The zero-order valence-electron chi connectivity index (χ0n) is 17.2. The summed E-state index contributed by atoms with van der Waals surface area (Å²) in [5.41, 5.74) is 10.3. The summed E-state index contributed by atoms with van der Waals surface area (Å²) >= 11 is 0. The lowest BCUT2D eigenvalue weighted by molar-refractivity contribution is -0.124. The van der Waals surface area contributed by atoms with Gasteiger partial charge in [0.1, 0.15) is 11.4 Å². The number of likely N-dealkylation sites (tertiary alicyclic amines) is 1. The van der Waals surface area contributed by atoms with Crippen molar-refractivity contribution in [2.24, 2.45) is 5.73 Å². The van der Waals surface area contributed by atoms with Gasteiger partial charge in [-0.25, -0.2) is 9.78 Å². The first-order valence-corrected chi connectivity index (χ1v) is 10.0. The van der Waals surface area contributed by atoms with E-state index in [-0.39, 0.29) is 31.0 Å². The molecular formula is C20H25FN6O4. The third kappa shape index (κ3) is 4.55. The molecule has 2 aromatic heterocycles. The molecule has 166 valence electrons. The summed E-state index contributed by atoms with van der Waals surface area (Å²) in [6.07, 6.45) is 3.39. The van der Waals surface area contributed by atoms with Crippen LogP contribution in [0.4, 0.5) is 10.2 Å². The molecule has 1 atom stereocenters. The van der Waals surface area contributed by atoms with Crippen LogP contribution in [0.15, 0.2) is 27.9 Å². The predicted molar refractivity (Wildman–Crippen MR) is 111 cm³/mol. The van der Waals surface area contributed by atoms with Gasteiger partial charge in [-0.3, -0.25) is 28.4 Å². The molecule has 4 N–H and O–H groups in total. The fourth-order valence-electron chi connectivity index (χ4n) is 3.86. The molecule has 1 fully saturated rings. The van der Waals surface area contributed by atoms with Crippen LogP contribution in [0.25, 0.3) is 0 Å². The van der Waals surface area contributed by atoms with E-state index in [1.807, 2.05) is 0 Å². The molecule has 1 amide bonds. The Kier molecular flexibility index (Phi) is 6.64. The molecule has 3 rings (SSSR count). The van der Waals surface area contributed by atoms with E-state index in [9.17, 15) is 23.6 Å². The van der Waals surface area contributed by atoms with Crippen LogP contribution < -0.4 is 22.7 Å². The molecule has 10 nitrogen and oxygen atoms in total.